The molecule has 3 aromatic carbocycles. The van der Waals surface area contributed by atoms with Gasteiger partial charge in [0.1, 0.15) is 5.75 Å². The van der Waals surface area contributed by atoms with Gasteiger partial charge in [-0.1, -0.05) is 60.1 Å². The Bertz CT molecular complexity index is 1020. The van der Waals surface area contributed by atoms with Gasteiger partial charge in [0.25, 0.3) is 0 Å². The molecule has 0 aliphatic rings. The first-order valence-electron chi connectivity index (χ1n) is 8.63. The van der Waals surface area contributed by atoms with Gasteiger partial charge in [-0.15, -0.1) is 0 Å². The fourth-order valence-corrected chi connectivity index (χ4v) is 2.57. The van der Waals surface area contributed by atoms with Crippen LogP contribution in [0.4, 0.5) is 0 Å². The van der Waals surface area contributed by atoms with Crippen molar-refractivity contribution in [1.82, 2.24) is 0 Å². The first-order valence-corrected chi connectivity index (χ1v) is 9.01. The second-order valence-electron chi connectivity index (χ2n) is 5.94. The van der Waals surface area contributed by atoms with Gasteiger partial charge in [0.05, 0.1) is 0 Å². The maximum atomic E-state index is 12.2. The predicted molar refractivity (Wildman–Crippen MR) is 112 cm³/mol. The summed E-state index contributed by atoms with van der Waals surface area (Å²) in [5, 5.41) is 0.580. The third-order valence-electron chi connectivity index (χ3n) is 3.84. The van der Waals surface area contributed by atoms with E-state index >= 15 is 0 Å². The number of carbonyl (C=O) groups excluding carboxylic acids is 2. The van der Waals surface area contributed by atoms with Crippen LogP contribution in [0.1, 0.15) is 21.5 Å². The Morgan fingerprint density at radius 2 is 1.43 bits per heavy atom. The van der Waals surface area contributed by atoms with E-state index in [1.165, 1.54) is 12.2 Å². The molecule has 0 bridgehead atoms. The van der Waals surface area contributed by atoms with Gasteiger partial charge in [0, 0.05) is 16.7 Å². The molecule has 3 rings (SSSR count). The zero-order valence-electron chi connectivity index (χ0n) is 14.9. The number of halogens is 1. The van der Waals surface area contributed by atoms with Gasteiger partial charge in [0.2, 0.25) is 0 Å². The van der Waals surface area contributed by atoms with Crippen molar-refractivity contribution < 1.29 is 14.3 Å². The highest BCUT2D eigenvalue weighted by atomic mass is 35.5. The molecule has 0 heterocycles. The van der Waals surface area contributed by atoms with Crippen LogP contribution in [0.2, 0.25) is 5.02 Å². The fourth-order valence-electron chi connectivity index (χ4n) is 2.44. The minimum Gasteiger partial charge on any atom is -0.423 e. The summed E-state index contributed by atoms with van der Waals surface area (Å²) in [5.41, 5.74) is 2.21. The Balaban J connectivity index is 1.63. The minimum atomic E-state index is -0.470. The van der Waals surface area contributed by atoms with Crippen LogP contribution in [0.5, 0.6) is 5.75 Å². The van der Waals surface area contributed by atoms with Crippen molar-refractivity contribution in [2.75, 3.05) is 0 Å². The number of carbonyl (C=O) groups is 2. The monoisotopic (exact) mass is 388 g/mol. The molecule has 3 nitrogen and oxygen atoms in total. The molecular formula is C24H17ClO3. The maximum absolute atomic E-state index is 12.2. The molecule has 0 aromatic heterocycles. The van der Waals surface area contributed by atoms with Gasteiger partial charge in [-0.25, -0.2) is 4.79 Å². The maximum Gasteiger partial charge on any atom is 0.336 e. The molecule has 0 fully saturated rings. The lowest BCUT2D eigenvalue weighted by molar-refractivity contribution is -0.128. The molecule has 28 heavy (non-hydrogen) atoms. The van der Waals surface area contributed by atoms with Gasteiger partial charge in [-0.3, -0.25) is 4.79 Å². The van der Waals surface area contributed by atoms with Crippen molar-refractivity contribution in [3.05, 3.63) is 113 Å². The highest BCUT2D eigenvalue weighted by Gasteiger charge is 2.03. The van der Waals surface area contributed by atoms with E-state index in [1.54, 1.807) is 54.6 Å². The molecule has 0 radical (unpaired) electrons. The van der Waals surface area contributed by atoms with Crippen LogP contribution in [0.25, 0.3) is 12.2 Å². The molecule has 3 aromatic rings. The van der Waals surface area contributed by atoms with E-state index in [0.29, 0.717) is 16.3 Å². The lowest BCUT2D eigenvalue weighted by atomic mass is 10.1. The van der Waals surface area contributed by atoms with Crippen LogP contribution in [0, 0.1) is 0 Å². The summed E-state index contributed by atoms with van der Waals surface area (Å²) in [6.45, 7) is 0. The highest BCUT2D eigenvalue weighted by Crippen LogP contribution is 2.16. The number of rotatable bonds is 6. The predicted octanol–water partition coefficient (Wildman–Crippen LogP) is 5.85. The van der Waals surface area contributed by atoms with Crippen molar-refractivity contribution in [3.8, 4) is 5.75 Å². The molecule has 0 atom stereocenters. The highest BCUT2D eigenvalue weighted by molar-refractivity contribution is 6.30. The Morgan fingerprint density at radius 3 is 2.18 bits per heavy atom. The zero-order valence-corrected chi connectivity index (χ0v) is 15.7. The first-order chi connectivity index (χ1) is 13.6. The molecule has 0 unspecified atom stereocenters. The minimum absolute atomic E-state index is 0.134. The van der Waals surface area contributed by atoms with E-state index in [-0.39, 0.29) is 5.78 Å². The standard InChI is InChI=1S/C24H17ClO3/c25-21-13-11-20(12-14-21)23(26)15-9-19-7-4-8-22(17-19)28-24(27)16-10-18-5-2-1-3-6-18/h1-17H. The molecule has 0 saturated heterocycles. The second-order valence-corrected chi connectivity index (χ2v) is 6.38. The summed E-state index contributed by atoms with van der Waals surface area (Å²) >= 11 is 5.83. The van der Waals surface area contributed by atoms with Crippen LogP contribution >= 0.6 is 11.6 Å². The molecule has 0 amide bonds. The zero-order chi connectivity index (χ0) is 19.8. The fraction of sp³-hybridized carbons (Fsp3) is 0. The Morgan fingerprint density at radius 1 is 0.750 bits per heavy atom. The van der Waals surface area contributed by atoms with Crippen LogP contribution in [0.15, 0.2) is 91.0 Å². The van der Waals surface area contributed by atoms with Crippen LogP contribution in [-0.4, -0.2) is 11.8 Å². The van der Waals surface area contributed by atoms with Crippen LogP contribution < -0.4 is 4.74 Å². The molecule has 0 aliphatic carbocycles. The Kier molecular flexibility index (Phi) is 6.55. The van der Waals surface area contributed by atoms with E-state index in [2.05, 4.69) is 0 Å². The molecule has 0 N–H and O–H groups in total. The largest absolute Gasteiger partial charge is 0.423 e. The molecule has 4 heteroatoms. The van der Waals surface area contributed by atoms with E-state index in [9.17, 15) is 9.59 Å². The summed E-state index contributed by atoms with van der Waals surface area (Å²) in [4.78, 5) is 24.2. The van der Waals surface area contributed by atoms with Crippen LogP contribution in [-0.2, 0) is 4.79 Å². The third-order valence-corrected chi connectivity index (χ3v) is 4.10. The first kappa shape index (κ1) is 19.3. The molecular weight excluding hydrogens is 372 g/mol. The summed E-state index contributed by atoms with van der Waals surface area (Å²) < 4.78 is 5.32. The van der Waals surface area contributed by atoms with Gasteiger partial charge in [0.15, 0.2) is 5.78 Å². The summed E-state index contributed by atoms with van der Waals surface area (Å²) in [7, 11) is 0. The SMILES string of the molecule is O=C(C=Cc1ccccc1)Oc1cccc(C=CC(=O)c2ccc(Cl)cc2)c1. The number of allylic oxidation sites excluding steroid dienone is 1. The van der Waals surface area contributed by atoms with Crippen molar-refractivity contribution in [2.24, 2.45) is 0 Å². The average molecular weight is 389 g/mol. The van der Waals surface area contributed by atoms with Crippen molar-refractivity contribution in [1.29, 1.82) is 0 Å². The van der Waals surface area contributed by atoms with Gasteiger partial charge < -0.3 is 4.74 Å². The number of esters is 1. The van der Waals surface area contributed by atoms with Gasteiger partial charge >= 0.3 is 5.97 Å². The van der Waals surface area contributed by atoms with E-state index < -0.39 is 5.97 Å². The van der Waals surface area contributed by atoms with Gasteiger partial charge in [-0.2, -0.15) is 0 Å². The number of hydrogen-bond acceptors (Lipinski definition) is 3. The lowest BCUT2D eigenvalue weighted by Gasteiger charge is -2.02. The smallest absolute Gasteiger partial charge is 0.336 e. The van der Waals surface area contributed by atoms with E-state index in [0.717, 1.165) is 11.1 Å². The Hall–Kier alpha value is -3.43. The third kappa shape index (κ3) is 5.79. The summed E-state index contributed by atoms with van der Waals surface area (Å²) in [6.07, 6.45) is 6.21. The lowest BCUT2D eigenvalue weighted by Crippen LogP contribution is -2.03. The quantitative estimate of drug-likeness (QED) is 0.230. The summed E-state index contributed by atoms with van der Waals surface area (Å²) in [6, 6.07) is 23.1. The molecule has 0 spiro atoms. The number of ketones is 1. The van der Waals surface area contributed by atoms with Crippen molar-refractivity contribution in [3.63, 3.8) is 0 Å². The number of ether oxygens (including phenoxy) is 1. The van der Waals surface area contributed by atoms with Crippen LogP contribution in [0.3, 0.4) is 0 Å². The molecule has 0 saturated carbocycles. The topological polar surface area (TPSA) is 43.4 Å². The van der Waals surface area contributed by atoms with Crippen molar-refractivity contribution >= 4 is 35.5 Å². The average Bonchev–Trinajstić information content (AvgIpc) is 2.72. The molecule has 0 aliphatic heterocycles. The number of benzene rings is 3. The summed E-state index contributed by atoms with van der Waals surface area (Å²) in [5.74, 6) is -0.198. The van der Waals surface area contributed by atoms with E-state index in [4.69, 9.17) is 16.3 Å². The number of hydrogen-bond donors (Lipinski definition) is 0. The van der Waals surface area contributed by atoms with E-state index in [1.807, 2.05) is 36.4 Å². The van der Waals surface area contributed by atoms with Gasteiger partial charge in [-0.05, 0) is 59.7 Å². The Labute approximate surface area is 168 Å². The second kappa shape index (κ2) is 9.49. The van der Waals surface area contributed by atoms with Crippen molar-refractivity contribution in [2.45, 2.75) is 0 Å². The normalized spacial score (nSPS) is 11.0. The molecule has 138 valence electrons.